The first kappa shape index (κ1) is 10.6. The predicted octanol–water partition coefficient (Wildman–Crippen LogP) is 1.05. The molecular weight excluding hydrogens is 201 g/mol. The number of nitrogen functional groups attached to an aromatic ring is 1. The largest absolute Gasteiger partial charge is 0.574 e. The molecule has 1 heterocycles. The molecule has 78 valence electrons. The van der Waals surface area contributed by atoms with Crippen molar-refractivity contribution in [2.24, 2.45) is 0 Å². The third kappa shape index (κ3) is 2.77. The number of pyridine rings is 1. The van der Waals surface area contributed by atoms with Gasteiger partial charge in [-0.1, -0.05) is 0 Å². The standard InChI is InChI=1S/C7H7F3N2O2/c8-7(9,10)14-5-2-1-4(3-13)6(11)12-5/h1-2,13H,3H2,(H2,11,12). The van der Waals surface area contributed by atoms with Gasteiger partial charge in [0, 0.05) is 11.6 Å². The van der Waals surface area contributed by atoms with Gasteiger partial charge >= 0.3 is 6.36 Å². The molecule has 0 radical (unpaired) electrons. The second-order valence-corrected chi connectivity index (χ2v) is 2.40. The van der Waals surface area contributed by atoms with Gasteiger partial charge in [-0.15, -0.1) is 13.2 Å². The highest BCUT2D eigenvalue weighted by Crippen LogP contribution is 2.22. The Labute approximate surface area is 77.1 Å². The topological polar surface area (TPSA) is 68.4 Å². The number of aliphatic hydroxyl groups is 1. The molecule has 1 rings (SSSR count). The summed E-state index contributed by atoms with van der Waals surface area (Å²) in [5.41, 5.74) is 5.48. The number of alkyl halides is 3. The number of aliphatic hydroxyl groups excluding tert-OH is 1. The SMILES string of the molecule is Nc1nc(OC(F)(F)F)ccc1CO. The van der Waals surface area contributed by atoms with Crippen LogP contribution in [-0.2, 0) is 6.61 Å². The Morgan fingerprint density at radius 3 is 2.50 bits per heavy atom. The van der Waals surface area contributed by atoms with Gasteiger partial charge in [-0.05, 0) is 6.07 Å². The van der Waals surface area contributed by atoms with Gasteiger partial charge in [-0.3, -0.25) is 0 Å². The minimum Gasteiger partial charge on any atom is -0.392 e. The summed E-state index contributed by atoms with van der Waals surface area (Å²) in [5, 5.41) is 8.66. The lowest BCUT2D eigenvalue weighted by Crippen LogP contribution is -2.18. The predicted molar refractivity (Wildman–Crippen MR) is 41.3 cm³/mol. The van der Waals surface area contributed by atoms with Crippen molar-refractivity contribution in [2.45, 2.75) is 13.0 Å². The van der Waals surface area contributed by atoms with Gasteiger partial charge in [0.1, 0.15) is 5.82 Å². The quantitative estimate of drug-likeness (QED) is 0.762. The molecule has 0 spiro atoms. The number of hydrogen-bond donors (Lipinski definition) is 2. The van der Waals surface area contributed by atoms with Crippen LogP contribution in [0.25, 0.3) is 0 Å². The van der Waals surface area contributed by atoms with Crippen molar-refractivity contribution in [3.05, 3.63) is 17.7 Å². The molecule has 0 saturated carbocycles. The Bertz CT molecular complexity index is 327. The molecule has 0 bridgehead atoms. The Balaban J connectivity index is 2.87. The van der Waals surface area contributed by atoms with Crippen LogP contribution in [0.5, 0.6) is 5.88 Å². The van der Waals surface area contributed by atoms with Crippen LogP contribution in [0, 0.1) is 0 Å². The molecule has 14 heavy (non-hydrogen) atoms. The summed E-state index contributed by atoms with van der Waals surface area (Å²) in [6.45, 7) is -0.384. The lowest BCUT2D eigenvalue weighted by atomic mass is 10.3. The molecule has 0 aliphatic heterocycles. The summed E-state index contributed by atoms with van der Waals surface area (Å²) in [6.07, 6.45) is -4.79. The highest BCUT2D eigenvalue weighted by molar-refractivity contribution is 5.41. The smallest absolute Gasteiger partial charge is 0.392 e. The molecule has 1 aromatic heterocycles. The number of aromatic nitrogens is 1. The van der Waals surface area contributed by atoms with Crippen LogP contribution < -0.4 is 10.5 Å². The van der Waals surface area contributed by atoms with E-state index in [4.69, 9.17) is 10.8 Å². The third-order valence-electron chi connectivity index (χ3n) is 1.38. The van der Waals surface area contributed by atoms with E-state index in [0.29, 0.717) is 0 Å². The summed E-state index contributed by atoms with van der Waals surface area (Å²) in [5.74, 6) is -0.832. The average molecular weight is 208 g/mol. The van der Waals surface area contributed by atoms with Gasteiger partial charge in [0.25, 0.3) is 0 Å². The summed E-state index contributed by atoms with van der Waals surface area (Å²) in [7, 11) is 0. The van der Waals surface area contributed by atoms with Crippen LogP contribution in [0.4, 0.5) is 19.0 Å². The highest BCUT2D eigenvalue weighted by Gasteiger charge is 2.31. The Hall–Kier alpha value is -1.50. The first-order valence-corrected chi connectivity index (χ1v) is 3.54. The molecule has 4 nitrogen and oxygen atoms in total. The van der Waals surface area contributed by atoms with Gasteiger partial charge in [0.2, 0.25) is 5.88 Å². The van der Waals surface area contributed by atoms with E-state index >= 15 is 0 Å². The number of nitrogens with zero attached hydrogens (tertiary/aromatic N) is 1. The number of nitrogens with two attached hydrogens (primary N) is 1. The van der Waals surface area contributed by atoms with Crippen molar-refractivity contribution in [2.75, 3.05) is 5.73 Å². The summed E-state index contributed by atoms with van der Waals surface area (Å²) >= 11 is 0. The zero-order chi connectivity index (χ0) is 10.8. The van der Waals surface area contributed by atoms with E-state index in [0.717, 1.165) is 6.07 Å². The van der Waals surface area contributed by atoms with E-state index in [2.05, 4.69) is 9.72 Å². The lowest BCUT2D eigenvalue weighted by molar-refractivity contribution is -0.276. The molecule has 0 fully saturated rings. The van der Waals surface area contributed by atoms with Crippen molar-refractivity contribution in [1.29, 1.82) is 0 Å². The fourth-order valence-electron chi connectivity index (χ4n) is 0.794. The zero-order valence-electron chi connectivity index (χ0n) is 6.88. The number of ether oxygens (including phenoxy) is 1. The maximum atomic E-state index is 11.7. The average Bonchev–Trinajstić information content (AvgIpc) is 2.01. The normalized spacial score (nSPS) is 11.4. The Morgan fingerprint density at radius 2 is 2.07 bits per heavy atom. The number of anilines is 1. The number of rotatable bonds is 2. The van der Waals surface area contributed by atoms with Crippen LogP contribution >= 0.6 is 0 Å². The van der Waals surface area contributed by atoms with Gasteiger partial charge in [0.05, 0.1) is 6.61 Å². The maximum absolute atomic E-state index is 11.7. The van der Waals surface area contributed by atoms with E-state index < -0.39 is 12.2 Å². The van der Waals surface area contributed by atoms with E-state index in [1.165, 1.54) is 6.07 Å². The Kier molecular flexibility index (Phi) is 2.80. The van der Waals surface area contributed by atoms with Crippen LogP contribution in [0.15, 0.2) is 12.1 Å². The zero-order valence-corrected chi connectivity index (χ0v) is 6.88. The van der Waals surface area contributed by atoms with Crippen LogP contribution in [0.3, 0.4) is 0 Å². The van der Waals surface area contributed by atoms with Crippen molar-refractivity contribution in [3.8, 4) is 5.88 Å². The van der Waals surface area contributed by atoms with Crippen LogP contribution in [-0.4, -0.2) is 16.5 Å². The summed E-state index contributed by atoms with van der Waals surface area (Å²) in [4.78, 5) is 3.30. The molecule has 0 unspecified atom stereocenters. The van der Waals surface area contributed by atoms with E-state index in [-0.39, 0.29) is 18.0 Å². The number of halogens is 3. The minimum atomic E-state index is -4.79. The van der Waals surface area contributed by atoms with Crippen LogP contribution in [0.1, 0.15) is 5.56 Å². The van der Waals surface area contributed by atoms with Gasteiger partial charge < -0.3 is 15.6 Å². The van der Waals surface area contributed by atoms with Crippen LogP contribution in [0.2, 0.25) is 0 Å². The lowest BCUT2D eigenvalue weighted by Gasteiger charge is -2.09. The fourth-order valence-corrected chi connectivity index (χ4v) is 0.794. The molecule has 0 atom stereocenters. The first-order chi connectivity index (χ1) is 6.42. The van der Waals surface area contributed by atoms with E-state index in [1.54, 1.807) is 0 Å². The molecule has 0 aromatic carbocycles. The number of hydrogen-bond acceptors (Lipinski definition) is 4. The second-order valence-electron chi connectivity index (χ2n) is 2.40. The molecule has 7 heteroatoms. The van der Waals surface area contributed by atoms with E-state index in [9.17, 15) is 13.2 Å². The summed E-state index contributed by atoms with van der Waals surface area (Å²) < 4.78 is 38.6. The molecule has 3 N–H and O–H groups in total. The van der Waals surface area contributed by atoms with Crippen molar-refractivity contribution < 1.29 is 23.0 Å². The maximum Gasteiger partial charge on any atom is 0.574 e. The minimum absolute atomic E-state index is 0.186. The monoisotopic (exact) mass is 208 g/mol. The van der Waals surface area contributed by atoms with Gasteiger partial charge in [-0.2, -0.15) is 4.98 Å². The van der Waals surface area contributed by atoms with Crippen molar-refractivity contribution in [1.82, 2.24) is 4.98 Å². The highest BCUT2D eigenvalue weighted by atomic mass is 19.4. The van der Waals surface area contributed by atoms with Crippen molar-refractivity contribution in [3.63, 3.8) is 0 Å². The third-order valence-corrected chi connectivity index (χ3v) is 1.38. The Morgan fingerprint density at radius 1 is 1.43 bits per heavy atom. The molecule has 0 amide bonds. The van der Waals surface area contributed by atoms with Gasteiger partial charge in [0.15, 0.2) is 0 Å². The van der Waals surface area contributed by atoms with Crippen molar-refractivity contribution >= 4 is 5.82 Å². The first-order valence-electron chi connectivity index (χ1n) is 3.54. The summed E-state index contributed by atoms with van der Waals surface area (Å²) in [6, 6.07) is 2.19. The molecule has 1 aromatic rings. The second kappa shape index (κ2) is 3.70. The van der Waals surface area contributed by atoms with E-state index in [1.807, 2.05) is 0 Å². The molecule has 0 saturated heterocycles. The molecule has 0 aliphatic rings. The molecule has 0 aliphatic carbocycles. The molecular formula is C7H7F3N2O2. The fraction of sp³-hybridized carbons (Fsp3) is 0.286. The van der Waals surface area contributed by atoms with Gasteiger partial charge in [-0.25, -0.2) is 0 Å².